The fourth-order valence-corrected chi connectivity index (χ4v) is 5.93. The van der Waals surface area contributed by atoms with Gasteiger partial charge in [-0.05, 0) is 44.0 Å². The minimum Gasteiger partial charge on any atom is -0.392 e. The normalized spacial score (nSPS) is 16.3. The summed E-state index contributed by atoms with van der Waals surface area (Å²) in [5.74, 6) is 0.488. The summed E-state index contributed by atoms with van der Waals surface area (Å²) in [6, 6.07) is 16.0. The van der Waals surface area contributed by atoms with Gasteiger partial charge in [-0.2, -0.15) is 0 Å². The Labute approximate surface area is 204 Å². The highest BCUT2D eigenvalue weighted by molar-refractivity contribution is 7.92. The van der Waals surface area contributed by atoms with Crippen molar-refractivity contribution in [3.8, 4) is 34.0 Å². The molecule has 1 fully saturated rings. The maximum Gasteiger partial charge on any atom is 0.187 e. The van der Waals surface area contributed by atoms with Gasteiger partial charge in [-0.25, -0.2) is 13.4 Å². The zero-order valence-electron chi connectivity index (χ0n) is 19.3. The van der Waals surface area contributed by atoms with Crippen molar-refractivity contribution in [2.45, 2.75) is 36.5 Å². The third kappa shape index (κ3) is 4.75. The van der Waals surface area contributed by atoms with E-state index in [-0.39, 0.29) is 6.61 Å². The minimum atomic E-state index is -3.38. The Morgan fingerprint density at radius 2 is 1.77 bits per heavy atom. The Morgan fingerprint density at radius 1 is 1.06 bits per heavy atom. The molecule has 2 N–H and O–H groups in total. The third-order valence-corrected chi connectivity index (χ3v) is 8.51. The van der Waals surface area contributed by atoms with Crippen LogP contribution in [0.5, 0.6) is 0 Å². The first kappa shape index (κ1) is 23.3. The second kappa shape index (κ2) is 9.69. The fourth-order valence-electron chi connectivity index (χ4n) is 4.22. The molecule has 0 bridgehead atoms. The van der Waals surface area contributed by atoms with Crippen molar-refractivity contribution in [1.29, 1.82) is 0 Å². The Balaban J connectivity index is 1.41. The van der Waals surface area contributed by atoms with E-state index in [1.807, 2.05) is 37.3 Å². The molecule has 0 aliphatic carbocycles. The summed E-state index contributed by atoms with van der Waals surface area (Å²) >= 11 is 0. The smallest absolute Gasteiger partial charge is 0.187 e. The predicted octanol–water partition coefficient (Wildman–Crippen LogP) is 3.79. The molecule has 1 aliphatic heterocycles. The van der Waals surface area contributed by atoms with Crippen LogP contribution in [0.15, 0.2) is 70.2 Å². The van der Waals surface area contributed by atoms with Gasteiger partial charge in [-0.15, -0.1) is 0 Å². The number of hydrogen-bond acceptors (Lipinski definition) is 8. The van der Waals surface area contributed by atoms with Crippen LogP contribution < -0.4 is 5.32 Å². The van der Waals surface area contributed by atoms with Gasteiger partial charge in [-0.3, -0.25) is 4.98 Å². The molecule has 0 amide bonds. The molecule has 1 atom stereocenters. The number of aromatic nitrogens is 3. The molecule has 0 radical (unpaired) electrons. The van der Waals surface area contributed by atoms with E-state index in [9.17, 15) is 13.5 Å². The molecule has 1 unspecified atom stereocenters. The standard InChI is InChI=1S/C26H26N4O4S/c1-17-26(25-13-23(30-34-25)19-6-4-18(16-31)5-7-19)29-24(15-28-17)20-8-10-21(11-9-20)35(32,33)22-3-2-12-27-14-22/h4-11,13,15,22,27,31H,2-3,12,14,16H2,1H3. The molecule has 1 aliphatic rings. The predicted molar refractivity (Wildman–Crippen MR) is 132 cm³/mol. The highest BCUT2D eigenvalue weighted by Crippen LogP contribution is 2.29. The van der Waals surface area contributed by atoms with E-state index in [2.05, 4.69) is 15.5 Å². The molecular weight excluding hydrogens is 464 g/mol. The van der Waals surface area contributed by atoms with E-state index in [1.165, 1.54) is 0 Å². The lowest BCUT2D eigenvalue weighted by atomic mass is 10.1. The van der Waals surface area contributed by atoms with Crippen LogP contribution in [0.4, 0.5) is 0 Å². The van der Waals surface area contributed by atoms with Crippen molar-refractivity contribution in [2.24, 2.45) is 0 Å². The number of aryl methyl sites for hydroxylation is 1. The van der Waals surface area contributed by atoms with Crippen LogP contribution in [0.2, 0.25) is 0 Å². The second-order valence-corrected chi connectivity index (χ2v) is 10.9. The Kier molecular flexibility index (Phi) is 6.46. The van der Waals surface area contributed by atoms with Crippen LogP contribution in [0.3, 0.4) is 0 Å². The quantitative estimate of drug-likeness (QED) is 0.419. The number of sulfone groups is 1. The molecule has 8 nitrogen and oxygen atoms in total. The number of nitrogens with one attached hydrogen (secondary N) is 1. The monoisotopic (exact) mass is 490 g/mol. The summed E-state index contributed by atoms with van der Waals surface area (Å²) < 4.78 is 31.5. The van der Waals surface area contributed by atoms with Gasteiger partial charge in [0, 0.05) is 23.7 Å². The van der Waals surface area contributed by atoms with Crippen molar-refractivity contribution >= 4 is 9.84 Å². The number of aliphatic hydroxyl groups excluding tert-OH is 1. The SMILES string of the molecule is Cc1ncc(-c2ccc(S(=O)(=O)C3CCCNC3)cc2)nc1-c1cc(-c2ccc(CO)cc2)no1. The first-order chi connectivity index (χ1) is 17.0. The van der Waals surface area contributed by atoms with Crippen LogP contribution in [0.25, 0.3) is 34.0 Å². The Hall–Kier alpha value is -3.40. The number of hydrogen-bond donors (Lipinski definition) is 2. The summed E-state index contributed by atoms with van der Waals surface area (Å²) in [5, 5.41) is 16.2. The van der Waals surface area contributed by atoms with Crippen molar-refractivity contribution in [3.05, 3.63) is 72.1 Å². The first-order valence-corrected chi connectivity index (χ1v) is 13.1. The fraction of sp³-hybridized carbons (Fsp3) is 0.269. The number of rotatable bonds is 6. The molecule has 1 saturated heterocycles. The van der Waals surface area contributed by atoms with Gasteiger partial charge in [0.05, 0.1) is 34.3 Å². The van der Waals surface area contributed by atoms with Crippen LogP contribution in [0.1, 0.15) is 24.1 Å². The van der Waals surface area contributed by atoms with Crippen molar-refractivity contribution in [3.63, 3.8) is 0 Å². The zero-order valence-corrected chi connectivity index (χ0v) is 20.1. The van der Waals surface area contributed by atoms with E-state index in [4.69, 9.17) is 9.51 Å². The number of aliphatic hydroxyl groups is 1. The molecule has 0 spiro atoms. The van der Waals surface area contributed by atoms with Gasteiger partial charge < -0.3 is 14.9 Å². The lowest BCUT2D eigenvalue weighted by Gasteiger charge is -2.22. The summed E-state index contributed by atoms with van der Waals surface area (Å²) in [4.78, 5) is 9.54. The highest BCUT2D eigenvalue weighted by Gasteiger charge is 2.28. The van der Waals surface area contributed by atoms with Crippen molar-refractivity contribution < 1.29 is 18.0 Å². The van der Waals surface area contributed by atoms with Gasteiger partial charge in [0.25, 0.3) is 0 Å². The van der Waals surface area contributed by atoms with Crippen LogP contribution >= 0.6 is 0 Å². The van der Waals surface area contributed by atoms with Gasteiger partial charge in [0.1, 0.15) is 11.4 Å². The molecule has 3 heterocycles. The summed E-state index contributed by atoms with van der Waals surface area (Å²) in [6.07, 6.45) is 3.20. The van der Waals surface area contributed by atoms with Crippen molar-refractivity contribution in [1.82, 2.24) is 20.4 Å². The largest absolute Gasteiger partial charge is 0.392 e. The molecular formula is C26H26N4O4S. The lowest BCUT2D eigenvalue weighted by molar-refractivity contribution is 0.282. The van der Waals surface area contributed by atoms with E-state index in [0.717, 1.165) is 29.7 Å². The molecule has 2 aromatic carbocycles. The molecule has 5 rings (SSSR count). The van der Waals surface area contributed by atoms with Crippen LogP contribution in [-0.2, 0) is 16.4 Å². The average molecular weight is 491 g/mol. The van der Waals surface area contributed by atoms with E-state index in [1.54, 1.807) is 30.5 Å². The van der Waals surface area contributed by atoms with E-state index in [0.29, 0.717) is 46.4 Å². The Bertz CT molecular complexity index is 1430. The zero-order chi connectivity index (χ0) is 24.4. The molecule has 0 saturated carbocycles. The number of nitrogens with zero attached hydrogens (tertiary/aromatic N) is 3. The molecule has 9 heteroatoms. The highest BCUT2D eigenvalue weighted by atomic mass is 32.2. The van der Waals surface area contributed by atoms with E-state index < -0.39 is 15.1 Å². The van der Waals surface area contributed by atoms with Gasteiger partial charge in [-0.1, -0.05) is 41.6 Å². The lowest BCUT2D eigenvalue weighted by Crippen LogP contribution is -2.38. The van der Waals surface area contributed by atoms with Gasteiger partial charge in [0.15, 0.2) is 15.6 Å². The maximum absolute atomic E-state index is 13.0. The average Bonchev–Trinajstić information content (AvgIpc) is 3.40. The summed E-state index contributed by atoms with van der Waals surface area (Å²) in [6.45, 7) is 3.18. The first-order valence-electron chi connectivity index (χ1n) is 11.5. The number of benzene rings is 2. The summed E-state index contributed by atoms with van der Waals surface area (Å²) in [7, 11) is -3.38. The van der Waals surface area contributed by atoms with Gasteiger partial charge in [0.2, 0.25) is 0 Å². The van der Waals surface area contributed by atoms with Crippen molar-refractivity contribution in [2.75, 3.05) is 13.1 Å². The van der Waals surface area contributed by atoms with Gasteiger partial charge >= 0.3 is 0 Å². The molecule has 35 heavy (non-hydrogen) atoms. The summed E-state index contributed by atoms with van der Waals surface area (Å²) in [5.41, 5.74) is 4.97. The maximum atomic E-state index is 13.0. The van der Waals surface area contributed by atoms with Crippen LogP contribution in [-0.4, -0.2) is 47.0 Å². The number of piperidine rings is 1. The minimum absolute atomic E-state index is 0.0172. The molecule has 4 aromatic rings. The second-order valence-electron chi connectivity index (χ2n) is 8.66. The van der Waals surface area contributed by atoms with Crippen LogP contribution in [0, 0.1) is 6.92 Å². The molecule has 180 valence electrons. The Morgan fingerprint density at radius 3 is 2.46 bits per heavy atom. The third-order valence-electron chi connectivity index (χ3n) is 6.30. The molecule has 2 aromatic heterocycles. The van der Waals surface area contributed by atoms with E-state index >= 15 is 0 Å². The topological polar surface area (TPSA) is 118 Å².